The van der Waals surface area contributed by atoms with E-state index in [1.165, 1.54) is 5.56 Å². The molecule has 1 amide bonds. The summed E-state index contributed by atoms with van der Waals surface area (Å²) in [7, 11) is 3.40. The van der Waals surface area contributed by atoms with Gasteiger partial charge in [0.05, 0.1) is 13.7 Å². The van der Waals surface area contributed by atoms with E-state index in [0.29, 0.717) is 13.0 Å². The largest absolute Gasteiger partial charge is 0.497 e. The van der Waals surface area contributed by atoms with Crippen LogP contribution in [-0.2, 0) is 17.8 Å². The van der Waals surface area contributed by atoms with Crippen LogP contribution in [0.1, 0.15) is 34.3 Å². The first kappa shape index (κ1) is 23.2. The van der Waals surface area contributed by atoms with Gasteiger partial charge in [-0.15, -0.1) is 0 Å². The highest BCUT2D eigenvalue weighted by molar-refractivity contribution is 5.96. The van der Waals surface area contributed by atoms with Gasteiger partial charge in [-0.05, 0) is 53.3 Å². The highest BCUT2D eigenvalue weighted by atomic mass is 16.5. The molecular formula is C27H30N2O3. The van der Waals surface area contributed by atoms with Crippen LogP contribution in [0.25, 0.3) is 11.1 Å². The molecule has 0 heterocycles. The van der Waals surface area contributed by atoms with E-state index in [2.05, 4.69) is 12.1 Å². The number of nitrogens with zero attached hydrogens (tertiary/aromatic N) is 1. The van der Waals surface area contributed by atoms with Gasteiger partial charge < -0.3 is 15.4 Å². The van der Waals surface area contributed by atoms with E-state index in [1.54, 1.807) is 19.1 Å². The van der Waals surface area contributed by atoms with Crippen molar-refractivity contribution < 1.29 is 14.3 Å². The fraction of sp³-hybridized carbons (Fsp3) is 0.259. The van der Waals surface area contributed by atoms with Crippen molar-refractivity contribution in [1.82, 2.24) is 4.90 Å². The molecule has 0 saturated heterocycles. The molecule has 3 aromatic carbocycles. The smallest absolute Gasteiger partial charge is 0.236 e. The zero-order chi connectivity index (χ0) is 22.9. The Labute approximate surface area is 189 Å². The van der Waals surface area contributed by atoms with E-state index in [-0.39, 0.29) is 18.2 Å². The maximum atomic E-state index is 12.6. The van der Waals surface area contributed by atoms with Crippen LogP contribution in [0.5, 0.6) is 5.75 Å². The summed E-state index contributed by atoms with van der Waals surface area (Å²) >= 11 is 0. The third kappa shape index (κ3) is 6.28. The van der Waals surface area contributed by atoms with Crippen LogP contribution in [0, 0.1) is 0 Å². The molecule has 166 valence electrons. The highest BCUT2D eigenvalue weighted by Gasteiger charge is 2.09. The van der Waals surface area contributed by atoms with Crippen molar-refractivity contribution in [3.8, 4) is 16.9 Å². The molecule has 2 N–H and O–H groups in total. The number of carbonyl (C=O) groups excluding carboxylic acids is 2. The van der Waals surface area contributed by atoms with Gasteiger partial charge >= 0.3 is 0 Å². The number of aryl methyl sites for hydroxylation is 1. The first-order valence-corrected chi connectivity index (χ1v) is 10.8. The second-order valence-corrected chi connectivity index (χ2v) is 7.86. The fourth-order valence-electron chi connectivity index (χ4n) is 3.64. The lowest BCUT2D eigenvalue weighted by Crippen LogP contribution is -2.32. The van der Waals surface area contributed by atoms with Crippen LogP contribution in [0.2, 0.25) is 0 Å². The second kappa shape index (κ2) is 11.3. The van der Waals surface area contributed by atoms with Crippen molar-refractivity contribution in [2.45, 2.75) is 25.8 Å². The zero-order valence-electron chi connectivity index (χ0n) is 18.7. The minimum absolute atomic E-state index is 0.00518. The molecule has 0 aromatic heterocycles. The van der Waals surface area contributed by atoms with Crippen LogP contribution in [0.4, 0.5) is 0 Å². The van der Waals surface area contributed by atoms with E-state index < -0.39 is 0 Å². The minimum Gasteiger partial charge on any atom is -0.497 e. The third-order valence-electron chi connectivity index (χ3n) is 5.49. The number of rotatable bonds is 10. The number of hydrogen-bond acceptors (Lipinski definition) is 4. The summed E-state index contributed by atoms with van der Waals surface area (Å²) in [5.41, 5.74) is 10.4. The maximum absolute atomic E-state index is 12.6. The molecular weight excluding hydrogens is 400 g/mol. The van der Waals surface area contributed by atoms with Crippen LogP contribution >= 0.6 is 0 Å². The molecule has 0 aliphatic carbocycles. The van der Waals surface area contributed by atoms with Crippen LogP contribution < -0.4 is 10.5 Å². The molecule has 0 saturated carbocycles. The first-order chi connectivity index (χ1) is 15.5. The number of methoxy groups -OCH3 is 1. The molecule has 32 heavy (non-hydrogen) atoms. The van der Waals surface area contributed by atoms with E-state index in [9.17, 15) is 9.59 Å². The van der Waals surface area contributed by atoms with E-state index in [1.807, 2.05) is 60.7 Å². The lowest BCUT2D eigenvalue weighted by molar-refractivity contribution is -0.128. The highest BCUT2D eigenvalue weighted by Crippen LogP contribution is 2.22. The Balaban J connectivity index is 1.59. The fourth-order valence-corrected chi connectivity index (χ4v) is 3.64. The van der Waals surface area contributed by atoms with Crippen molar-refractivity contribution in [1.29, 1.82) is 0 Å². The van der Waals surface area contributed by atoms with Gasteiger partial charge in [0.25, 0.3) is 0 Å². The number of nitrogens with two attached hydrogens (primary N) is 1. The van der Waals surface area contributed by atoms with Gasteiger partial charge in [-0.2, -0.15) is 0 Å². The lowest BCUT2D eigenvalue weighted by atomic mass is 9.98. The van der Waals surface area contributed by atoms with Crippen LogP contribution in [-0.4, -0.2) is 37.3 Å². The molecule has 0 aliphatic rings. The third-order valence-corrected chi connectivity index (χ3v) is 5.49. The van der Waals surface area contributed by atoms with Crippen molar-refractivity contribution >= 4 is 11.7 Å². The molecule has 5 nitrogen and oxygen atoms in total. The Morgan fingerprint density at radius 3 is 2.34 bits per heavy atom. The summed E-state index contributed by atoms with van der Waals surface area (Å²) in [5.74, 6) is 0.894. The summed E-state index contributed by atoms with van der Waals surface area (Å²) < 4.78 is 5.25. The van der Waals surface area contributed by atoms with Gasteiger partial charge in [-0.25, -0.2) is 0 Å². The standard InChI is InChI=1S/C27H30N2O3/c1-29(27(31)18-28)19-21-8-3-9-24(16-21)22-12-14-23(15-13-22)26(30)11-5-7-20-6-4-10-25(17-20)32-2/h3-4,6,8-10,12-17H,5,7,11,18-19,28H2,1-2H3. The predicted octanol–water partition coefficient (Wildman–Crippen LogP) is 4.48. The number of hydrogen-bond donors (Lipinski definition) is 1. The normalized spacial score (nSPS) is 10.6. The molecule has 0 bridgehead atoms. The summed E-state index contributed by atoms with van der Waals surface area (Å²) in [6.07, 6.45) is 2.15. The average molecular weight is 431 g/mol. The quantitative estimate of drug-likeness (QED) is 0.481. The van der Waals surface area contributed by atoms with Crippen molar-refractivity contribution in [3.63, 3.8) is 0 Å². The van der Waals surface area contributed by atoms with Crippen molar-refractivity contribution in [3.05, 3.63) is 89.5 Å². The van der Waals surface area contributed by atoms with E-state index in [4.69, 9.17) is 10.5 Å². The molecule has 0 unspecified atom stereocenters. The Hall–Kier alpha value is -3.44. The monoisotopic (exact) mass is 430 g/mol. The topological polar surface area (TPSA) is 72.6 Å². The van der Waals surface area contributed by atoms with Crippen LogP contribution in [0.15, 0.2) is 72.8 Å². The molecule has 0 spiro atoms. The minimum atomic E-state index is -0.0929. The Bertz CT molecular complexity index is 1060. The molecule has 3 aromatic rings. The SMILES string of the molecule is COc1cccc(CCCC(=O)c2ccc(-c3cccc(CN(C)C(=O)CN)c3)cc2)c1. The molecule has 3 rings (SSSR count). The Morgan fingerprint density at radius 1 is 0.906 bits per heavy atom. The van der Waals surface area contributed by atoms with Gasteiger partial charge in [-0.3, -0.25) is 9.59 Å². The second-order valence-electron chi connectivity index (χ2n) is 7.86. The van der Waals surface area contributed by atoms with Crippen molar-refractivity contribution in [2.24, 2.45) is 5.73 Å². The van der Waals surface area contributed by atoms with E-state index >= 15 is 0 Å². The number of likely N-dealkylation sites (N-methyl/N-ethyl adjacent to an activating group) is 1. The molecule has 0 atom stereocenters. The summed E-state index contributed by atoms with van der Waals surface area (Å²) in [4.78, 5) is 25.9. The summed E-state index contributed by atoms with van der Waals surface area (Å²) in [5, 5.41) is 0. The van der Waals surface area contributed by atoms with Gasteiger partial charge in [-0.1, -0.05) is 54.6 Å². The number of ether oxygens (including phenoxy) is 1. The summed E-state index contributed by atoms with van der Waals surface area (Å²) in [6.45, 7) is 0.513. The number of carbonyl (C=O) groups is 2. The molecule has 0 radical (unpaired) electrons. The average Bonchev–Trinajstić information content (AvgIpc) is 2.83. The van der Waals surface area contributed by atoms with Gasteiger partial charge in [0.15, 0.2) is 5.78 Å². The van der Waals surface area contributed by atoms with Gasteiger partial charge in [0, 0.05) is 25.6 Å². The lowest BCUT2D eigenvalue weighted by Gasteiger charge is -2.16. The number of amides is 1. The number of Topliss-reactive ketones (excluding diaryl/α,β-unsaturated/α-hetero) is 1. The predicted molar refractivity (Wildman–Crippen MR) is 128 cm³/mol. The Kier molecular flexibility index (Phi) is 8.17. The number of ketones is 1. The first-order valence-electron chi connectivity index (χ1n) is 10.8. The van der Waals surface area contributed by atoms with Gasteiger partial charge in [0.2, 0.25) is 5.91 Å². The van der Waals surface area contributed by atoms with E-state index in [0.717, 1.165) is 40.8 Å². The zero-order valence-corrected chi connectivity index (χ0v) is 18.7. The Morgan fingerprint density at radius 2 is 1.62 bits per heavy atom. The summed E-state index contributed by atoms with van der Waals surface area (Å²) in [6, 6.07) is 23.7. The maximum Gasteiger partial charge on any atom is 0.236 e. The van der Waals surface area contributed by atoms with Crippen LogP contribution in [0.3, 0.4) is 0 Å². The van der Waals surface area contributed by atoms with Crippen molar-refractivity contribution in [2.75, 3.05) is 20.7 Å². The number of benzene rings is 3. The molecule has 0 fully saturated rings. The molecule has 5 heteroatoms. The molecule has 0 aliphatic heterocycles. The van der Waals surface area contributed by atoms with Gasteiger partial charge in [0.1, 0.15) is 5.75 Å².